The lowest BCUT2D eigenvalue weighted by Crippen LogP contribution is -2.16. The van der Waals surface area contributed by atoms with Gasteiger partial charge in [-0.15, -0.1) is 0 Å². The summed E-state index contributed by atoms with van der Waals surface area (Å²) in [5.41, 5.74) is 21.8. The van der Waals surface area contributed by atoms with Crippen molar-refractivity contribution in [2.45, 2.75) is 44.9 Å². The molecule has 0 aromatic heterocycles. The molecule has 2 aliphatic carbocycles. The van der Waals surface area contributed by atoms with Gasteiger partial charge in [-0.2, -0.15) is 0 Å². The number of fused-ring (bicyclic) bond motifs is 6. The van der Waals surface area contributed by atoms with Crippen molar-refractivity contribution in [3.8, 4) is 33.4 Å². The van der Waals surface area contributed by atoms with E-state index in [1.165, 1.54) is 77.9 Å². The van der Waals surface area contributed by atoms with Gasteiger partial charge in [0.15, 0.2) is 0 Å². The van der Waals surface area contributed by atoms with Gasteiger partial charge in [-0.05, 0) is 127 Å². The first-order valence-electron chi connectivity index (χ1n) is 20.6. The van der Waals surface area contributed by atoms with Crippen LogP contribution in [0.4, 0.5) is 17.1 Å². The van der Waals surface area contributed by atoms with Crippen molar-refractivity contribution in [1.29, 1.82) is 0 Å². The van der Waals surface area contributed by atoms with E-state index in [9.17, 15) is 0 Å². The molecule has 58 heavy (non-hydrogen) atoms. The largest absolute Gasteiger partial charge is 0.310 e. The van der Waals surface area contributed by atoms with E-state index in [4.69, 9.17) is 0 Å². The van der Waals surface area contributed by atoms with Crippen LogP contribution in [0.5, 0.6) is 0 Å². The van der Waals surface area contributed by atoms with Gasteiger partial charge in [0.05, 0.1) is 0 Å². The molecule has 0 fully saturated rings. The van der Waals surface area contributed by atoms with Crippen molar-refractivity contribution in [2.75, 3.05) is 4.90 Å². The first-order valence-corrected chi connectivity index (χ1v) is 20.6. The second-order valence-electron chi connectivity index (χ2n) is 17.0. The molecule has 0 amide bonds. The lowest BCUT2D eigenvalue weighted by atomic mass is 9.81. The number of rotatable bonds is 8. The predicted octanol–water partition coefficient (Wildman–Crippen LogP) is 15.2. The van der Waals surface area contributed by atoms with Crippen molar-refractivity contribution < 1.29 is 0 Å². The zero-order valence-corrected chi connectivity index (χ0v) is 33.7. The van der Waals surface area contributed by atoms with Crippen LogP contribution in [-0.2, 0) is 17.3 Å². The van der Waals surface area contributed by atoms with Crippen LogP contribution in [0.3, 0.4) is 0 Å². The Morgan fingerprint density at radius 1 is 0.414 bits per heavy atom. The summed E-state index contributed by atoms with van der Waals surface area (Å²) in [6.07, 6.45) is 3.24. The Hall–Kier alpha value is -6.70. The minimum absolute atomic E-state index is 0.0419. The van der Waals surface area contributed by atoms with E-state index >= 15 is 0 Å². The average molecular weight is 746 g/mol. The molecule has 8 aromatic rings. The van der Waals surface area contributed by atoms with Crippen molar-refractivity contribution in [1.82, 2.24) is 0 Å². The van der Waals surface area contributed by atoms with Crippen molar-refractivity contribution >= 4 is 28.7 Å². The molecular formula is C57H47N. The van der Waals surface area contributed by atoms with Gasteiger partial charge in [-0.3, -0.25) is 0 Å². The molecule has 10 rings (SSSR count). The molecule has 1 nitrogen and oxygen atoms in total. The van der Waals surface area contributed by atoms with Crippen LogP contribution in [0.15, 0.2) is 194 Å². The number of allylic oxidation sites excluding steroid dienone is 1. The summed E-state index contributed by atoms with van der Waals surface area (Å²) in [5.74, 6) is 0. The van der Waals surface area contributed by atoms with Gasteiger partial charge < -0.3 is 4.90 Å². The van der Waals surface area contributed by atoms with Gasteiger partial charge in [0, 0.05) is 27.9 Å². The fraction of sp³-hybridized carbons (Fsp3) is 0.123. The Kier molecular flexibility index (Phi) is 8.64. The summed E-state index contributed by atoms with van der Waals surface area (Å²) < 4.78 is 0. The van der Waals surface area contributed by atoms with Crippen LogP contribution in [0.1, 0.15) is 66.6 Å². The molecule has 2 aliphatic rings. The maximum atomic E-state index is 2.45. The van der Waals surface area contributed by atoms with E-state index in [0.717, 1.165) is 23.5 Å². The molecule has 1 heteroatoms. The molecule has 0 heterocycles. The Labute approximate surface area is 343 Å². The van der Waals surface area contributed by atoms with Crippen LogP contribution < -0.4 is 4.90 Å². The van der Waals surface area contributed by atoms with Gasteiger partial charge in [0.2, 0.25) is 0 Å². The van der Waals surface area contributed by atoms with Crippen LogP contribution in [0.2, 0.25) is 0 Å². The summed E-state index contributed by atoms with van der Waals surface area (Å²) in [7, 11) is 0. The third-order valence-corrected chi connectivity index (χ3v) is 12.7. The summed E-state index contributed by atoms with van der Waals surface area (Å²) in [4.78, 5) is 2.38. The topological polar surface area (TPSA) is 3.24 Å². The van der Waals surface area contributed by atoms with Gasteiger partial charge >= 0.3 is 0 Å². The minimum atomic E-state index is -0.0670. The van der Waals surface area contributed by atoms with Gasteiger partial charge in [0.1, 0.15) is 0 Å². The van der Waals surface area contributed by atoms with Crippen molar-refractivity contribution in [3.05, 3.63) is 233 Å². The predicted molar refractivity (Wildman–Crippen MR) is 246 cm³/mol. The van der Waals surface area contributed by atoms with E-state index in [-0.39, 0.29) is 10.8 Å². The smallest absolute Gasteiger partial charge is 0.0465 e. The highest BCUT2D eigenvalue weighted by molar-refractivity contribution is 5.89. The Bertz CT molecular complexity index is 2820. The normalized spacial score (nSPS) is 14.3. The fourth-order valence-electron chi connectivity index (χ4n) is 9.59. The van der Waals surface area contributed by atoms with Crippen LogP contribution in [0, 0.1) is 0 Å². The molecule has 0 saturated heterocycles. The highest BCUT2D eigenvalue weighted by Crippen LogP contribution is 2.51. The molecule has 8 aromatic carbocycles. The molecule has 280 valence electrons. The van der Waals surface area contributed by atoms with Crippen LogP contribution >= 0.6 is 0 Å². The van der Waals surface area contributed by atoms with Crippen LogP contribution in [-0.4, -0.2) is 0 Å². The quantitative estimate of drug-likeness (QED) is 0.140. The molecule has 0 N–H and O–H groups in total. The van der Waals surface area contributed by atoms with Crippen molar-refractivity contribution in [2.24, 2.45) is 0 Å². The zero-order chi connectivity index (χ0) is 39.4. The maximum absolute atomic E-state index is 2.45. The molecule has 0 bridgehead atoms. The summed E-state index contributed by atoms with van der Waals surface area (Å²) >= 11 is 0. The maximum Gasteiger partial charge on any atom is 0.0465 e. The zero-order valence-electron chi connectivity index (χ0n) is 33.7. The second-order valence-corrected chi connectivity index (χ2v) is 17.0. The number of anilines is 3. The SMILES string of the molecule is CC1(C)c2ccccc2-c2ccc(/C(=C\c3ccc(-c4ccc(N(c5ccccc5)c5ccc6c(c5)C(C)(C)c5ccccc5-6)cc4)cc3)Cc3ccccc3)cc21. The summed E-state index contributed by atoms with van der Waals surface area (Å²) in [6.45, 7) is 9.42. The first-order chi connectivity index (χ1) is 28.3. The fourth-order valence-corrected chi connectivity index (χ4v) is 9.59. The lowest BCUT2D eigenvalue weighted by Gasteiger charge is -2.28. The minimum Gasteiger partial charge on any atom is -0.310 e. The highest BCUT2D eigenvalue weighted by atomic mass is 15.1. The van der Waals surface area contributed by atoms with E-state index in [2.05, 4.69) is 233 Å². The van der Waals surface area contributed by atoms with Gasteiger partial charge in [-0.25, -0.2) is 0 Å². The number of para-hydroxylation sites is 1. The van der Waals surface area contributed by atoms with Gasteiger partial charge in [-0.1, -0.05) is 185 Å². The van der Waals surface area contributed by atoms with Crippen molar-refractivity contribution in [3.63, 3.8) is 0 Å². The third kappa shape index (κ3) is 6.10. The number of hydrogen-bond donors (Lipinski definition) is 0. The lowest BCUT2D eigenvalue weighted by molar-refractivity contribution is 0.660. The Morgan fingerprint density at radius 3 is 1.50 bits per heavy atom. The number of benzene rings is 8. The third-order valence-electron chi connectivity index (χ3n) is 12.7. The first kappa shape index (κ1) is 35.7. The Morgan fingerprint density at radius 2 is 0.879 bits per heavy atom. The average Bonchev–Trinajstić information content (AvgIpc) is 3.64. The standard InChI is InChI=1S/C57H47N/c1-56(2)52-21-13-11-19-48(52)50-33-29-43(37-54(50)56)44(35-39-15-7-5-8-16-39)36-40-23-25-41(26-24-40)42-27-30-46(31-28-42)58(45-17-9-6-10-18-45)47-32-34-51-49-20-12-14-22-53(49)57(3,4)55(51)38-47/h5-34,36-38H,35H2,1-4H3/b44-36-. The van der Waals surface area contributed by atoms with E-state index in [0.29, 0.717) is 0 Å². The van der Waals surface area contributed by atoms with E-state index < -0.39 is 0 Å². The number of nitrogens with zero attached hydrogens (tertiary/aromatic N) is 1. The van der Waals surface area contributed by atoms with E-state index in [1.54, 1.807) is 0 Å². The molecule has 0 radical (unpaired) electrons. The number of hydrogen-bond acceptors (Lipinski definition) is 1. The summed E-state index contributed by atoms with van der Waals surface area (Å²) in [5, 5.41) is 0. The summed E-state index contributed by atoms with van der Waals surface area (Å²) in [6, 6.07) is 71.5. The molecular weight excluding hydrogens is 699 g/mol. The molecule has 0 aliphatic heterocycles. The van der Waals surface area contributed by atoms with Crippen LogP contribution in [0.25, 0.3) is 45.0 Å². The molecule has 0 unspecified atom stereocenters. The molecule has 0 atom stereocenters. The van der Waals surface area contributed by atoms with Gasteiger partial charge in [0.25, 0.3) is 0 Å². The second kappa shape index (κ2) is 14.0. The molecule has 0 saturated carbocycles. The van der Waals surface area contributed by atoms with E-state index in [1.807, 2.05) is 0 Å². The highest BCUT2D eigenvalue weighted by Gasteiger charge is 2.36. The monoisotopic (exact) mass is 745 g/mol. The molecule has 0 spiro atoms. The Balaban J connectivity index is 0.962.